The molecule has 0 aliphatic rings. The van der Waals surface area contributed by atoms with Crippen molar-refractivity contribution in [1.29, 1.82) is 0 Å². The number of non-ortho nitro benzene ring substituents is 1. The summed E-state index contributed by atoms with van der Waals surface area (Å²) in [6.07, 6.45) is -1.86. The number of hydrogen-bond donors (Lipinski definition) is 1. The second-order valence-corrected chi connectivity index (χ2v) is 3.23. The number of methoxy groups -OCH3 is 2. The van der Waals surface area contributed by atoms with Gasteiger partial charge in [0.15, 0.2) is 17.7 Å². The van der Waals surface area contributed by atoms with Gasteiger partial charge in [-0.3, -0.25) is 10.1 Å². The zero-order valence-corrected chi connectivity index (χ0v) is 9.55. The molecule has 1 N–H and O–H groups in total. The van der Waals surface area contributed by atoms with E-state index in [1.165, 1.54) is 0 Å². The fraction of sp³-hybridized carbons (Fsp3) is 0.300. The first-order chi connectivity index (χ1) is 8.42. The lowest BCUT2D eigenvalue weighted by Gasteiger charge is -2.13. The minimum absolute atomic E-state index is 0.365. The summed E-state index contributed by atoms with van der Waals surface area (Å²) < 4.78 is 22.4. The minimum Gasteiger partial charge on any atom is -0.493 e. The molecule has 0 fully saturated rings. The number of hydrogen-bond acceptors (Lipinski definition) is 6. The van der Waals surface area contributed by atoms with Crippen LogP contribution in [-0.2, 0) is 9.53 Å². The third-order valence-electron chi connectivity index (χ3n) is 2.19. The lowest BCUT2D eigenvalue weighted by Crippen LogP contribution is -2.15. The Bertz CT molecular complexity index is 490. The van der Waals surface area contributed by atoms with Crippen molar-refractivity contribution in [3.8, 4) is 5.75 Å². The number of rotatable bonds is 4. The molecule has 1 rings (SSSR count). The number of carbonyl (C=O) groups excluding carboxylic acids is 1. The number of esters is 1. The largest absolute Gasteiger partial charge is 0.493 e. The van der Waals surface area contributed by atoms with Crippen molar-refractivity contribution in [2.24, 2.45) is 0 Å². The summed E-state index contributed by atoms with van der Waals surface area (Å²) in [5.74, 6) is -2.57. The van der Waals surface area contributed by atoms with E-state index in [1.54, 1.807) is 0 Å². The smallest absolute Gasteiger partial charge is 0.339 e. The summed E-state index contributed by atoms with van der Waals surface area (Å²) >= 11 is 0. The summed E-state index contributed by atoms with van der Waals surface area (Å²) in [7, 11) is 2.13. The maximum atomic E-state index is 13.5. The van der Waals surface area contributed by atoms with E-state index in [4.69, 9.17) is 0 Å². The van der Waals surface area contributed by atoms with Gasteiger partial charge >= 0.3 is 5.97 Å². The fourth-order valence-corrected chi connectivity index (χ4v) is 1.36. The summed E-state index contributed by atoms with van der Waals surface area (Å²) in [5, 5.41) is 20.2. The Kier molecular flexibility index (Phi) is 4.16. The normalized spacial score (nSPS) is 11.8. The first kappa shape index (κ1) is 13.8. The molecule has 18 heavy (non-hydrogen) atoms. The highest BCUT2D eigenvalue weighted by Crippen LogP contribution is 2.32. The molecule has 0 saturated heterocycles. The highest BCUT2D eigenvalue weighted by atomic mass is 19.1. The summed E-state index contributed by atoms with van der Waals surface area (Å²) in [4.78, 5) is 20.9. The summed E-state index contributed by atoms with van der Waals surface area (Å²) in [6.45, 7) is 0. The van der Waals surface area contributed by atoms with Crippen LogP contribution < -0.4 is 4.74 Å². The van der Waals surface area contributed by atoms with Gasteiger partial charge in [-0.2, -0.15) is 0 Å². The van der Waals surface area contributed by atoms with Gasteiger partial charge in [-0.1, -0.05) is 0 Å². The molecule has 0 aromatic heterocycles. The van der Waals surface area contributed by atoms with Crippen LogP contribution in [0.1, 0.15) is 11.7 Å². The third kappa shape index (κ3) is 2.54. The van der Waals surface area contributed by atoms with Gasteiger partial charge in [-0.15, -0.1) is 0 Å². The number of nitro groups is 1. The highest BCUT2D eigenvalue weighted by molar-refractivity contribution is 5.77. The molecule has 0 saturated carbocycles. The molecular formula is C10H10FNO6. The molecule has 0 bridgehead atoms. The minimum atomic E-state index is -1.86. The first-order valence-electron chi connectivity index (χ1n) is 4.70. The number of nitrogens with zero attached hydrogens (tertiary/aromatic N) is 1. The van der Waals surface area contributed by atoms with Crippen LogP contribution in [0.25, 0.3) is 0 Å². The van der Waals surface area contributed by atoms with E-state index in [1.807, 2.05) is 0 Å². The SMILES string of the molecule is COC(=O)C(O)c1cc([N+](=O)[O-])cc(F)c1OC. The number of aliphatic hydroxyl groups excluding tert-OH is 1. The number of nitro benzene ring substituents is 1. The average Bonchev–Trinajstić information content (AvgIpc) is 2.35. The fourth-order valence-electron chi connectivity index (χ4n) is 1.36. The number of aliphatic hydroxyl groups is 1. The van der Waals surface area contributed by atoms with Crippen LogP contribution in [0.5, 0.6) is 5.75 Å². The van der Waals surface area contributed by atoms with Crippen molar-refractivity contribution < 1.29 is 28.7 Å². The van der Waals surface area contributed by atoms with Gasteiger partial charge in [-0.05, 0) is 0 Å². The van der Waals surface area contributed by atoms with Crippen LogP contribution in [0.4, 0.5) is 10.1 Å². The van der Waals surface area contributed by atoms with Crippen LogP contribution in [0.15, 0.2) is 12.1 Å². The Morgan fingerprint density at radius 1 is 1.50 bits per heavy atom. The molecule has 1 aromatic carbocycles. The van der Waals surface area contributed by atoms with E-state index in [0.717, 1.165) is 20.3 Å². The highest BCUT2D eigenvalue weighted by Gasteiger charge is 2.27. The molecule has 1 atom stereocenters. The zero-order valence-electron chi connectivity index (χ0n) is 9.55. The second-order valence-electron chi connectivity index (χ2n) is 3.23. The molecule has 8 heteroatoms. The van der Waals surface area contributed by atoms with Crippen LogP contribution in [0, 0.1) is 15.9 Å². The number of carbonyl (C=O) groups is 1. The Labute approximate surface area is 101 Å². The van der Waals surface area contributed by atoms with Crippen LogP contribution in [0.2, 0.25) is 0 Å². The number of benzene rings is 1. The van der Waals surface area contributed by atoms with Gasteiger partial charge < -0.3 is 14.6 Å². The topological polar surface area (TPSA) is 98.9 Å². The van der Waals surface area contributed by atoms with E-state index in [2.05, 4.69) is 9.47 Å². The molecule has 1 unspecified atom stereocenters. The zero-order chi connectivity index (χ0) is 13.9. The third-order valence-corrected chi connectivity index (χ3v) is 2.19. The standard InChI is InChI=1S/C10H10FNO6/c1-17-9-6(8(13)10(14)18-2)3-5(12(15)16)4-7(9)11/h3-4,8,13H,1-2H3. The van der Waals surface area contributed by atoms with Gasteiger partial charge in [0, 0.05) is 11.6 Å². The van der Waals surface area contributed by atoms with Crippen LogP contribution in [0.3, 0.4) is 0 Å². The Morgan fingerprint density at radius 2 is 2.11 bits per heavy atom. The lowest BCUT2D eigenvalue weighted by atomic mass is 10.1. The molecule has 1 aromatic rings. The van der Waals surface area contributed by atoms with Gasteiger partial charge in [-0.25, -0.2) is 9.18 Å². The van der Waals surface area contributed by atoms with E-state index in [0.29, 0.717) is 6.07 Å². The van der Waals surface area contributed by atoms with Gasteiger partial charge in [0.25, 0.3) is 5.69 Å². The summed E-state index contributed by atoms with van der Waals surface area (Å²) in [5.41, 5.74) is -0.970. The molecule has 0 spiro atoms. The number of ether oxygens (including phenoxy) is 2. The second kappa shape index (κ2) is 5.41. The predicted molar refractivity (Wildman–Crippen MR) is 56.6 cm³/mol. The summed E-state index contributed by atoms with van der Waals surface area (Å²) in [6, 6.07) is 1.48. The number of halogens is 1. The quantitative estimate of drug-likeness (QED) is 0.491. The van der Waals surface area contributed by atoms with Gasteiger partial charge in [0.2, 0.25) is 0 Å². The van der Waals surface area contributed by atoms with Crippen molar-refractivity contribution in [3.05, 3.63) is 33.6 Å². The van der Waals surface area contributed by atoms with E-state index in [9.17, 15) is 24.4 Å². The van der Waals surface area contributed by atoms with Crippen LogP contribution >= 0.6 is 0 Å². The van der Waals surface area contributed by atoms with Gasteiger partial charge in [0.1, 0.15) is 0 Å². The van der Waals surface area contributed by atoms with Crippen molar-refractivity contribution in [2.75, 3.05) is 14.2 Å². The van der Waals surface area contributed by atoms with Crippen molar-refractivity contribution in [3.63, 3.8) is 0 Å². The maximum Gasteiger partial charge on any atom is 0.339 e. The molecule has 0 radical (unpaired) electrons. The van der Waals surface area contributed by atoms with Crippen LogP contribution in [-0.4, -0.2) is 30.2 Å². The molecule has 0 aliphatic heterocycles. The molecule has 98 valence electrons. The first-order valence-corrected chi connectivity index (χ1v) is 4.70. The Morgan fingerprint density at radius 3 is 2.56 bits per heavy atom. The molecular weight excluding hydrogens is 249 g/mol. The maximum absolute atomic E-state index is 13.5. The molecule has 0 aliphatic carbocycles. The van der Waals surface area contributed by atoms with Crippen molar-refractivity contribution >= 4 is 11.7 Å². The van der Waals surface area contributed by atoms with Crippen molar-refractivity contribution in [1.82, 2.24) is 0 Å². The van der Waals surface area contributed by atoms with E-state index < -0.39 is 34.3 Å². The Hall–Kier alpha value is -2.22. The monoisotopic (exact) mass is 259 g/mol. The predicted octanol–water partition coefficient (Wildman–Crippen LogP) is 0.949. The molecule has 7 nitrogen and oxygen atoms in total. The Balaban J connectivity index is 3.39. The van der Waals surface area contributed by atoms with E-state index in [-0.39, 0.29) is 5.56 Å². The molecule has 0 heterocycles. The lowest BCUT2D eigenvalue weighted by molar-refractivity contribution is -0.385. The average molecular weight is 259 g/mol. The van der Waals surface area contributed by atoms with Gasteiger partial charge in [0.05, 0.1) is 25.2 Å². The molecule has 0 amide bonds. The van der Waals surface area contributed by atoms with Crippen molar-refractivity contribution in [2.45, 2.75) is 6.10 Å². The van der Waals surface area contributed by atoms with E-state index >= 15 is 0 Å².